The Hall–Kier alpha value is -3.78. The largest absolute Gasteiger partial charge is 0.495 e. The van der Waals surface area contributed by atoms with E-state index in [2.05, 4.69) is 25.7 Å². The molecule has 172 valence electrons. The van der Waals surface area contributed by atoms with Gasteiger partial charge in [-0.25, -0.2) is 4.98 Å². The number of fused-ring (bicyclic) bond motifs is 1. The fourth-order valence-corrected chi connectivity index (χ4v) is 4.82. The summed E-state index contributed by atoms with van der Waals surface area (Å²) in [6.07, 6.45) is 3.43. The number of benzene rings is 2. The van der Waals surface area contributed by atoms with E-state index in [0.717, 1.165) is 40.3 Å². The maximum absolute atomic E-state index is 13.0. The number of carbonyl (C=O) groups excluding carboxylic acids is 1. The van der Waals surface area contributed by atoms with Crippen LogP contribution in [-0.4, -0.2) is 54.1 Å². The zero-order chi connectivity index (χ0) is 23.3. The number of pyridine rings is 2. The normalized spacial score (nSPS) is 13.7. The monoisotopic (exact) mass is 471 g/mol. The zero-order valence-corrected chi connectivity index (χ0v) is 19.7. The number of piperazine rings is 1. The van der Waals surface area contributed by atoms with Crippen LogP contribution >= 0.6 is 11.9 Å². The minimum atomic E-state index is 0.00429. The van der Waals surface area contributed by atoms with Crippen LogP contribution in [-0.2, 0) is 0 Å². The third-order valence-electron chi connectivity index (χ3n) is 5.86. The number of carbonyl (C=O) groups is 1. The second-order valence-corrected chi connectivity index (χ2v) is 8.77. The summed E-state index contributed by atoms with van der Waals surface area (Å²) in [5.41, 5.74) is 2.60. The minimum absolute atomic E-state index is 0.00429. The van der Waals surface area contributed by atoms with Crippen LogP contribution in [0, 0.1) is 0 Å². The molecule has 34 heavy (non-hydrogen) atoms. The molecule has 2 aromatic carbocycles. The minimum Gasteiger partial charge on any atom is -0.495 e. The van der Waals surface area contributed by atoms with Gasteiger partial charge < -0.3 is 19.3 Å². The van der Waals surface area contributed by atoms with Crippen molar-refractivity contribution < 1.29 is 9.53 Å². The number of amides is 1. The van der Waals surface area contributed by atoms with Crippen LogP contribution in [0.15, 0.2) is 84.0 Å². The topological polar surface area (TPSA) is 70.6 Å². The summed E-state index contributed by atoms with van der Waals surface area (Å²) in [6, 6.07) is 21.7. The van der Waals surface area contributed by atoms with Gasteiger partial charge in [-0.1, -0.05) is 30.3 Å². The highest BCUT2D eigenvalue weighted by Crippen LogP contribution is 2.29. The number of rotatable bonds is 6. The Morgan fingerprint density at radius 1 is 0.941 bits per heavy atom. The van der Waals surface area contributed by atoms with E-state index in [1.165, 1.54) is 11.9 Å². The fourth-order valence-electron chi connectivity index (χ4n) is 4.07. The molecule has 5 rings (SSSR count). The lowest BCUT2D eigenvalue weighted by Gasteiger charge is -2.36. The van der Waals surface area contributed by atoms with Gasteiger partial charge in [0.15, 0.2) is 0 Å². The van der Waals surface area contributed by atoms with Crippen LogP contribution in [0.4, 0.5) is 11.5 Å². The van der Waals surface area contributed by atoms with Gasteiger partial charge in [0, 0.05) is 44.0 Å². The summed E-state index contributed by atoms with van der Waals surface area (Å²) in [6.45, 7) is 2.82. The van der Waals surface area contributed by atoms with Crippen molar-refractivity contribution in [2.24, 2.45) is 0 Å². The molecule has 7 nitrogen and oxygen atoms in total. The number of nitrogens with zero attached hydrogens (tertiary/aromatic N) is 4. The highest BCUT2D eigenvalue weighted by Gasteiger charge is 2.24. The van der Waals surface area contributed by atoms with Crippen molar-refractivity contribution in [3.63, 3.8) is 0 Å². The Kier molecular flexibility index (Phi) is 6.49. The molecule has 1 saturated heterocycles. The zero-order valence-electron chi connectivity index (χ0n) is 18.8. The first-order valence-electron chi connectivity index (χ1n) is 11.1. The van der Waals surface area contributed by atoms with E-state index in [9.17, 15) is 4.79 Å². The number of methoxy groups -OCH3 is 1. The van der Waals surface area contributed by atoms with Crippen LogP contribution in [0.25, 0.3) is 10.9 Å². The Morgan fingerprint density at radius 2 is 1.76 bits per heavy atom. The van der Waals surface area contributed by atoms with E-state index < -0.39 is 0 Å². The molecule has 0 saturated carbocycles. The van der Waals surface area contributed by atoms with E-state index in [1.807, 2.05) is 65.6 Å². The van der Waals surface area contributed by atoms with E-state index in [-0.39, 0.29) is 5.91 Å². The molecule has 0 spiro atoms. The van der Waals surface area contributed by atoms with Gasteiger partial charge in [-0.3, -0.25) is 9.78 Å². The second-order valence-electron chi connectivity index (χ2n) is 7.92. The quantitative estimate of drug-likeness (QED) is 0.408. The summed E-state index contributed by atoms with van der Waals surface area (Å²) >= 11 is 1.46. The number of nitrogens with one attached hydrogen (secondary N) is 1. The molecule has 0 radical (unpaired) electrons. The molecule has 0 unspecified atom stereocenters. The van der Waals surface area contributed by atoms with Crippen molar-refractivity contribution in [3.05, 3.63) is 84.7 Å². The maximum atomic E-state index is 13.0. The lowest BCUT2D eigenvalue weighted by molar-refractivity contribution is 0.0746. The molecule has 1 N–H and O–H groups in total. The lowest BCUT2D eigenvalue weighted by atomic mass is 10.2. The van der Waals surface area contributed by atoms with Gasteiger partial charge in [0.05, 0.1) is 28.8 Å². The van der Waals surface area contributed by atoms with E-state index in [0.29, 0.717) is 24.5 Å². The molecule has 1 fully saturated rings. The average molecular weight is 472 g/mol. The number of aromatic nitrogens is 2. The number of para-hydroxylation sites is 3. The Labute approximate surface area is 202 Å². The first kappa shape index (κ1) is 22.0. The third kappa shape index (κ3) is 4.63. The third-order valence-corrected chi connectivity index (χ3v) is 6.72. The number of anilines is 2. The molecule has 3 heterocycles. The molecule has 0 atom stereocenters. The van der Waals surface area contributed by atoms with Crippen LogP contribution in [0.5, 0.6) is 5.75 Å². The van der Waals surface area contributed by atoms with Crippen LogP contribution < -0.4 is 14.4 Å². The van der Waals surface area contributed by atoms with Gasteiger partial charge in [0.2, 0.25) is 0 Å². The smallest absolute Gasteiger partial charge is 0.255 e. The lowest BCUT2D eigenvalue weighted by Crippen LogP contribution is -2.48. The maximum Gasteiger partial charge on any atom is 0.255 e. The summed E-state index contributed by atoms with van der Waals surface area (Å²) in [7, 11) is 1.68. The highest BCUT2D eigenvalue weighted by molar-refractivity contribution is 8.00. The predicted octanol–water partition coefficient (Wildman–Crippen LogP) is 4.72. The molecular weight excluding hydrogens is 446 g/mol. The average Bonchev–Trinajstić information content (AvgIpc) is 2.92. The van der Waals surface area contributed by atoms with Crippen molar-refractivity contribution >= 4 is 40.3 Å². The molecule has 2 aromatic heterocycles. The summed E-state index contributed by atoms with van der Waals surface area (Å²) in [4.78, 5) is 27.1. The van der Waals surface area contributed by atoms with Crippen molar-refractivity contribution in [2.75, 3.05) is 42.9 Å². The first-order valence-corrected chi connectivity index (χ1v) is 11.9. The molecule has 1 amide bonds. The van der Waals surface area contributed by atoms with Crippen molar-refractivity contribution in [1.82, 2.24) is 14.9 Å². The Balaban J connectivity index is 1.19. The SMILES string of the molecule is COc1ccccc1N1CCN(C(=O)c2ccc(NSc3cccc4cccnc34)nc2)CC1. The molecule has 0 aliphatic carbocycles. The Morgan fingerprint density at radius 3 is 2.56 bits per heavy atom. The van der Waals surface area contributed by atoms with Gasteiger partial charge in [-0.15, -0.1) is 0 Å². The highest BCUT2D eigenvalue weighted by atomic mass is 32.2. The van der Waals surface area contributed by atoms with Gasteiger partial charge in [0.1, 0.15) is 11.6 Å². The van der Waals surface area contributed by atoms with E-state index in [4.69, 9.17) is 4.74 Å². The second kappa shape index (κ2) is 10.0. The van der Waals surface area contributed by atoms with Crippen LogP contribution in [0.2, 0.25) is 0 Å². The van der Waals surface area contributed by atoms with Gasteiger partial charge in [-0.2, -0.15) is 0 Å². The van der Waals surface area contributed by atoms with Crippen molar-refractivity contribution in [2.45, 2.75) is 4.90 Å². The summed E-state index contributed by atoms with van der Waals surface area (Å²) < 4.78 is 8.74. The molecule has 8 heteroatoms. The van der Waals surface area contributed by atoms with Crippen LogP contribution in [0.3, 0.4) is 0 Å². The standard InChI is InChI=1S/C26H25N5O2S/c1-33-22-9-3-2-8-21(22)30-14-16-31(17-15-30)26(32)20-11-12-24(28-18-20)29-34-23-10-4-6-19-7-5-13-27-25(19)23/h2-13,18H,14-17H2,1H3,(H,28,29). The van der Waals surface area contributed by atoms with Gasteiger partial charge in [-0.05, 0) is 48.3 Å². The first-order chi connectivity index (χ1) is 16.7. The van der Waals surface area contributed by atoms with Crippen molar-refractivity contribution in [3.8, 4) is 5.75 Å². The molecule has 1 aliphatic rings. The number of ether oxygens (including phenoxy) is 1. The van der Waals surface area contributed by atoms with E-state index >= 15 is 0 Å². The molecule has 0 bridgehead atoms. The Bertz CT molecular complexity index is 1280. The predicted molar refractivity (Wildman–Crippen MR) is 137 cm³/mol. The number of hydrogen-bond acceptors (Lipinski definition) is 7. The molecular formula is C26H25N5O2S. The van der Waals surface area contributed by atoms with Gasteiger partial charge in [0.25, 0.3) is 5.91 Å². The van der Waals surface area contributed by atoms with Crippen molar-refractivity contribution in [1.29, 1.82) is 0 Å². The van der Waals surface area contributed by atoms with Crippen LogP contribution in [0.1, 0.15) is 10.4 Å². The number of hydrogen-bond donors (Lipinski definition) is 1. The summed E-state index contributed by atoms with van der Waals surface area (Å²) in [5, 5.41) is 1.09. The fraction of sp³-hybridized carbons (Fsp3) is 0.192. The molecule has 4 aromatic rings. The van der Waals surface area contributed by atoms with Gasteiger partial charge >= 0.3 is 0 Å². The van der Waals surface area contributed by atoms with E-state index in [1.54, 1.807) is 19.5 Å². The summed E-state index contributed by atoms with van der Waals surface area (Å²) in [5.74, 6) is 1.55. The molecule has 1 aliphatic heterocycles.